The van der Waals surface area contributed by atoms with Crippen LogP contribution < -0.4 is 10.0 Å². The normalized spacial score (nSPS) is 12.5. The van der Waals surface area contributed by atoms with Gasteiger partial charge in [-0.25, -0.2) is 21.6 Å². The van der Waals surface area contributed by atoms with Crippen LogP contribution in [0.2, 0.25) is 0 Å². The third-order valence-electron chi connectivity index (χ3n) is 2.88. The van der Waals surface area contributed by atoms with Gasteiger partial charge >= 0.3 is 0 Å². The summed E-state index contributed by atoms with van der Waals surface area (Å²) in [6, 6.07) is 5.42. The molecule has 0 saturated heterocycles. The van der Waals surface area contributed by atoms with E-state index in [0.717, 1.165) is 13.0 Å². The van der Waals surface area contributed by atoms with Crippen LogP contribution in [0, 0.1) is 0 Å². The van der Waals surface area contributed by atoms with Crippen molar-refractivity contribution in [3.05, 3.63) is 24.3 Å². The number of hydrogen-bond acceptors (Lipinski definition) is 5. The smallest absolute Gasteiger partial charge is 0.240 e. The van der Waals surface area contributed by atoms with Gasteiger partial charge in [0.2, 0.25) is 10.0 Å². The molecular weight excluding hydrogens is 312 g/mol. The Morgan fingerprint density at radius 2 is 1.62 bits per heavy atom. The molecule has 0 heterocycles. The van der Waals surface area contributed by atoms with Crippen LogP contribution in [0.3, 0.4) is 0 Å². The molecule has 0 spiro atoms. The fraction of sp³-hybridized carbons (Fsp3) is 0.538. The van der Waals surface area contributed by atoms with Crippen LogP contribution in [0.4, 0.5) is 0 Å². The van der Waals surface area contributed by atoms with Gasteiger partial charge in [0, 0.05) is 13.1 Å². The van der Waals surface area contributed by atoms with E-state index in [0.29, 0.717) is 6.54 Å². The van der Waals surface area contributed by atoms with Crippen molar-refractivity contribution in [3.63, 3.8) is 0 Å². The van der Waals surface area contributed by atoms with Gasteiger partial charge in [0.1, 0.15) is 0 Å². The number of rotatable bonds is 9. The lowest BCUT2D eigenvalue weighted by molar-refractivity contribution is 0.575. The first-order valence-electron chi connectivity index (χ1n) is 6.86. The molecule has 0 aromatic heterocycles. The van der Waals surface area contributed by atoms with Gasteiger partial charge in [-0.15, -0.1) is 0 Å². The Hall–Kier alpha value is -0.960. The highest BCUT2D eigenvalue weighted by Gasteiger charge is 2.17. The highest BCUT2D eigenvalue weighted by Crippen LogP contribution is 2.16. The maximum absolute atomic E-state index is 12.1. The SMILES string of the molecule is CCCNCCNS(=O)(=O)c1cccc(S(=O)(=O)CC)c1. The molecule has 0 saturated carbocycles. The maximum Gasteiger partial charge on any atom is 0.240 e. The van der Waals surface area contributed by atoms with Crippen molar-refractivity contribution >= 4 is 19.9 Å². The zero-order chi connectivity index (χ0) is 15.9. The van der Waals surface area contributed by atoms with E-state index in [2.05, 4.69) is 10.0 Å². The molecule has 21 heavy (non-hydrogen) atoms. The van der Waals surface area contributed by atoms with E-state index in [9.17, 15) is 16.8 Å². The number of sulfonamides is 1. The molecule has 1 aromatic carbocycles. The molecule has 0 fully saturated rings. The monoisotopic (exact) mass is 334 g/mol. The molecule has 0 aliphatic heterocycles. The molecule has 120 valence electrons. The maximum atomic E-state index is 12.1. The highest BCUT2D eigenvalue weighted by atomic mass is 32.2. The average molecular weight is 334 g/mol. The molecule has 8 heteroatoms. The van der Waals surface area contributed by atoms with Crippen molar-refractivity contribution < 1.29 is 16.8 Å². The summed E-state index contributed by atoms with van der Waals surface area (Å²) in [7, 11) is -7.11. The molecule has 0 amide bonds. The Kier molecular flexibility index (Phi) is 6.79. The number of sulfone groups is 1. The summed E-state index contributed by atoms with van der Waals surface area (Å²) < 4.78 is 50.2. The predicted octanol–water partition coefficient (Wildman–Crippen LogP) is 0.758. The van der Waals surface area contributed by atoms with E-state index in [1.807, 2.05) is 6.92 Å². The Labute approximate surface area is 126 Å². The Morgan fingerprint density at radius 1 is 0.952 bits per heavy atom. The minimum absolute atomic E-state index is 0.0250. The Bertz CT molecular complexity index is 655. The third-order valence-corrected chi connectivity index (χ3v) is 6.07. The first kappa shape index (κ1) is 18.1. The van der Waals surface area contributed by atoms with E-state index in [1.54, 1.807) is 0 Å². The van der Waals surface area contributed by atoms with E-state index in [-0.39, 0.29) is 22.1 Å². The van der Waals surface area contributed by atoms with Crippen molar-refractivity contribution in [1.82, 2.24) is 10.0 Å². The minimum Gasteiger partial charge on any atom is -0.315 e. The minimum atomic E-state index is -3.69. The zero-order valence-electron chi connectivity index (χ0n) is 12.3. The third kappa shape index (κ3) is 5.39. The summed E-state index contributed by atoms with van der Waals surface area (Å²) >= 11 is 0. The lowest BCUT2D eigenvalue weighted by Gasteiger charge is -2.09. The lowest BCUT2D eigenvalue weighted by atomic mass is 10.4. The molecule has 0 atom stereocenters. The number of benzene rings is 1. The molecule has 0 aliphatic rings. The van der Waals surface area contributed by atoms with Crippen LogP contribution in [-0.2, 0) is 19.9 Å². The van der Waals surface area contributed by atoms with E-state index in [1.165, 1.54) is 31.2 Å². The van der Waals surface area contributed by atoms with Gasteiger partial charge in [0.25, 0.3) is 0 Å². The summed E-state index contributed by atoms with van der Waals surface area (Å²) in [4.78, 5) is -0.00972. The first-order chi connectivity index (χ1) is 9.83. The number of hydrogen-bond donors (Lipinski definition) is 2. The van der Waals surface area contributed by atoms with Crippen LogP contribution in [-0.4, -0.2) is 42.2 Å². The molecule has 0 unspecified atom stereocenters. The fourth-order valence-electron chi connectivity index (χ4n) is 1.66. The van der Waals surface area contributed by atoms with Gasteiger partial charge in [0.05, 0.1) is 15.5 Å². The summed E-state index contributed by atoms with van der Waals surface area (Å²) in [6.07, 6.45) is 0.976. The van der Waals surface area contributed by atoms with Crippen molar-refractivity contribution in [2.45, 2.75) is 30.1 Å². The highest BCUT2D eigenvalue weighted by molar-refractivity contribution is 7.91. The molecule has 2 N–H and O–H groups in total. The molecular formula is C13H22N2O4S2. The molecule has 1 rings (SSSR count). The van der Waals surface area contributed by atoms with Gasteiger partial charge in [-0.2, -0.15) is 0 Å². The van der Waals surface area contributed by atoms with Crippen molar-refractivity contribution in [1.29, 1.82) is 0 Å². The molecule has 0 radical (unpaired) electrons. The van der Waals surface area contributed by atoms with Gasteiger partial charge in [-0.05, 0) is 31.2 Å². The van der Waals surface area contributed by atoms with Gasteiger partial charge in [0.15, 0.2) is 9.84 Å². The van der Waals surface area contributed by atoms with Crippen molar-refractivity contribution in [2.75, 3.05) is 25.4 Å². The topological polar surface area (TPSA) is 92.3 Å². The van der Waals surface area contributed by atoms with Gasteiger partial charge in [-0.3, -0.25) is 0 Å². The van der Waals surface area contributed by atoms with Crippen molar-refractivity contribution in [3.8, 4) is 0 Å². The largest absolute Gasteiger partial charge is 0.315 e. The number of nitrogens with one attached hydrogen (secondary N) is 2. The second kappa shape index (κ2) is 7.88. The van der Waals surface area contributed by atoms with Gasteiger partial charge < -0.3 is 5.32 Å². The van der Waals surface area contributed by atoms with Crippen LogP contribution >= 0.6 is 0 Å². The lowest BCUT2D eigenvalue weighted by Crippen LogP contribution is -2.32. The van der Waals surface area contributed by atoms with E-state index >= 15 is 0 Å². The molecule has 6 nitrogen and oxygen atoms in total. The predicted molar refractivity (Wildman–Crippen MR) is 82.5 cm³/mol. The van der Waals surface area contributed by atoms with E-state index in [4.69, 9.17) is 0 Å². The first-order valence-corrected chi connectivity index (χ1v) is 10.00. The summed E-state index contributed by atoms with van der Waals surface area (Å²) in [5.74, 6) is -0.0646. The Morgan fingerprint density at radius 3 is 2.24 bits per heavy atom. The van der Waals surface area contributed by atoms with Crippen LogP contribution in [0.15, 0.2) is 34.1 Å². The summed E-state index contributed by atoms with van der Waals surface area (Å²) in [6.45, 7) is 5.16. The molecule has 0 aliphatic carbocycles. The second-order valence-electron chi connectivity index (χ2n) is 4.53. The van der Waals surface area contributed by atoms with Gasteiger partial charge in [-0.1, -0.05) is 19.9 Å². The zero-order valence-corrected chi connectivity index (χ0v) is 13.9. The quantitative estimate of drug-likeness (QED) is 0.651. The average Bonchev–Trinajstić information content (AvgIpc) is 2.47. The molecule has 1 aromatic rings. The summed E-state index contributed by atoms with van der Waals surface area (Å²) in [5.41, 5.74) is 0. The van der Waals surface area contributed by atoms with Crippen LogP contribution in [0.25, 0.3) is 0 Å². The van der Waals surface area contributed by atoms with E-state index < -0.39 is 19.9 Å². The summed E-state index contributed by atoms with van der Waals surface area (Å²) in [5, 5.41) is 3.08. The molecule has 0 bridgehead atoms. The second-order valence-corrected chi connectivity index (χ2v) is 8.57. The standard InChI is InChI=1S/C13H22N2O4S2/c1-3-8-14-9-10-15-21(18,19)13-7-5-6-12(11-13)20(16,17)4-2/h5-7,11,14-15H,3-4,8-10H2,1-2H3. The van der Waals surface area contributed by atoms with Crippen LogP contribution in [0.5, 0.6) is 0 Å². The Balaban J connectivity index is 2.82. The fourth-order valence-corrected chi connectivity index (χ4v) is 3.74. The van der Waals surface area contributed by atoms with Crippen molar-refractivity contribution in [2.24, 2.45) is 0 Å². The van der Waals surface area contributed by atoms with Crippen LogP contribution in [0.1, 0.15) is 20.3 Å².